The van der Waals surface area contributed by atoms with E-state index >= 15 is 0 Å². The monoisotopic (exact) mass is 340 g/mol. The number of hydrogen-bond donors (Lipinski definition) is 2. The van der Waals surface area contributed by atoms with Crippen molar-refractivity contribution in [1.29, 1.82) is 0 Å². The first-order valence-corrected chi connectivity index (χ1v) is 8.27. The molecular weight excluding hydrogens is 312 g/mol. The molecule has 0 heterocycles. The fourth-order valence-corrected chi connectivity index (χ4v) is 2.94. The topological polar surface area (TPSA) is 64.3 Å². The van der Waals surface area contributed by atoms with Crippen LogP contribution in [0.3, 0.4) is 0 Å². The first kappa shape index (κ1) is 19.8. The Kier molecular flexibility index (Phi) is 7.36. The molecule has 4 nitrogen and oxygen atoms in total. The first-order chi connectivity index (χ1) is 10.4. The third kappa shape index (κ3) is 5.40. The molecule has 0 bridgehead atoms. The van der Waals surface area contributed by atoms with Crippen molar-refractivity contribution in [1.82, 2.24) is 5.32 Å². The number of benzene rings is 1. The van der Waals surface area contributed by atoms with Gasteiger partial charge >= 0.3 is 0 Å². The lowest BCUT2D eigenvalue weighted by Crippen LogP contribution is -2.55. The molecule has 5 heteroatoms. The van der Waals surface area contributed by atoms with Crippen molar-refractivity contribution < 1.29 is 9.53 Å². The van der Waals surface area contributed by atoms with E-state index in [4.69, 9.17) is 10.5 Å². The van der Waals surface area contributed by atoms with Gasteiger partial charge in [0.15, 0.2) is 0 Å². The van der Waals surface area contributed by atoms with Crippen LogP contribution in [0.1, 0.15) is 64.5 Å². The summed E-state index contributed by atoms with van der Waals surface area (Å²) in [4.78, 5) is 12.5. The fraction of sp³-hybridized carbons (Fsp3) is 0.611. The highest BCUT2D eigenvalue weighted by Gasteiger charge is 2.35. The summed E-state index contributed by atoms with van der Waals surface area (Å²) in [6.07, 6.45) is 4.99. The van der Waals surface area contributed by atoms with Gasteiger partial charge in [-0.05, 0) is 51.3 Å². The molecule has 0 aliphatic heterocycles. The highest BCUT2D eigenvalue weighted by atomic mass is 35.5. The molecule has 1 aliphatic rings. The Bertz CT molecular complexity index is 496. The van der Waals surface area contributed by atoms with Crippen LogP contribution >= 0.6 is 12.4 Å². The fourth-order valence-electron chi connectivity index (χ4n) is 2.94. The van der Waals surface area contributed by atoms with Crippen LogP contribution in [0.2, 0.25) is 0 Å². The predicted octanol–water partition coefficient (Wildman–Crippen LogP) is 3.73. The van der Waals surface area contributed by atoms with Crippen LogP contribution in [-0.2, 0) is 4.79 Å². The van der Waals surface area contributed by atoms with Crippen LogP contribution in [0.5, 0.6) is 5.75 Å². The lowest BCUT2D eigenvalue weighted by molar-refractivity contribution is -0.128. The van der Waals surface area contributed by atoms with E-state index in [1.54, 1.807) is 0 Å². The SMILES string of the molecule is CC(C)Oc1ccc(C(C)NC(=O)C2(N)CCCCC2)cc1.Cl. The summed E-state index contributed by atoms with van der Waals surface area (Å²) in [7, 11) is 0. The number of nitrogens with two attached hydrogens (primary N) is 1. The van der Waals surface area contributed by atoms with Crippen LogP contribution < -0.4 is 15.8 Å². The lowest BCUT2D eigenvalue weighted by atomic mass is 9.81. The van der Waals surface area contributed by atoms with E-state index in [1.807, 2.05) is 45.0 Å². The van der Waals surface area contributed by atoms with Crippen molar-refractivity contribution in [3.63, 3.8) is 0 Å². The molecule has 1 amide bonds. The predicted molar refractivity (Wildman–Crippen MR) is 96.0 cm³/mol. The number of halogens is 1. The summed E-state index contributed by atoms with van der Waals surface area (Å²) in [6, 6.07) is 7.82. The molecule has 1 aromatic carbocycles. The Balaban J connectivity index is 0.00000264. The third-order valence-corrected chi connectivity index (χ3v) is 4.30. The molecule has 0 aromatic heterocycles. The minimum atomic E-state index is -0.687. The molecule has 0 radical (unpaired) electrons. The van der Waals surface area contributed by atoms with Crippen molar-refractivity contribution in [3.8, 4) is 5.75 Å². The minimum Gasteiger partial charge on any atom is -0.491 e. The normalized spacial score (nSPS) is 18.0. The van der Waals surface area contributed by atoms with Gasteiger partial charge in [0.05, 0.1) is 17.7 Å². The summed E-state index contributed by atoms with van der Waals surface area (Å²) < 4.78 is 5.63. The van der Waals surface area contributed by atoms with Crippen LogP contribution in [0.15, 0.2) is 24.3 Å². The van der Waals surface area contributed by atoms with Gasteiger partial charge in [-0.1, -0.05) is 31.4 Å². The molecule has 1 unspecified atom stereocenters. The van der Waals surface area contributed by atoms with Gasteiger partial charge in [0.1, 0.15) is 5.75 Å². The third-order valence-electron chi connectivity index (χ3n) is 4.30. The average Bonchev–Trinajstić information content (AvgIpc) is 2.48. The van der Waals surface area contributed by atoms with E-state index in [-0.39, 0.29) is 30.5 Å². The van der Waals surface area contributed by atoms with E-state index in [0.29, 0.717) is 0 Å². The van der Waals surface area contributed by atoms with E-state index in [9.17, 15) is 4.79 Å². The van der Waals surface area contributed by atoms with Gasteiger partial charge < -0.3 is 15.8 Å². The van der Waals surface area contributed by atoms with Crippen LogP contribution in [0, 0.1) is 0 Å². The molecule has 1 fully saturated rings. The number of hydrogen-bond acceptors (Lipinski definition) is 3. The molecule has 1 atom stereocenters. The largest absolute Gasteiger partial charge is 0.491 e. The number of carbonyl (C=O) groups is 1. The molecule has 2 rings (SSSR count). The number of ether oxygens (including phenoxy) is 1. The van der Waals surface area contributed by atoms with Crippen LogP contribution in [0.25, 0.3) is 0 Å². The maximum atomic E-state index is 12.5. The Hall–Kier alpha value is -1.26. The summed E-state index contributed by atoms with van der Waals surface area (Å²) in [5.74, 6) is 0.821. The Morgan fingerprint density at radius 1 is 1.13 bits per heavy atom. The van der Waals surface area contributed by atoms with Gasteiger partial charge in [-0.3, -0.25) is 4.79 Å². The van der Waals surface area contributed by atoms with Crippen molar-refractivity contribution in [3.05, 3.63) is 29.8 Å². The van der Waals surface area contributed by atoms with E-state index in [0.717, 1.165) is 37.0 Å². The summed E-state index contributed by atoms with van der Waals surface area (Å²) >= 11 is 0. The second-order valence-electron chi connectivity index (χ2n) is 6.65. The number of rotatable bonds is 5. The van der Waals surface area contributed by atoms with Gasteiger partial charge in [0, 0.05) is 0 Å². The van der Waals surface area contributed by atoms with Crippen molar-refractivity contribution in [2.75, 3.05) is 0 Å². The van der Waals surface area contributed by atoms with Gasteiger partial charge in [-0.15, -0.1) is 12.4 Å². The molecule has 0 saturated heterocycles. The molecule has 1 aromatic rings. The smallest absolute Gasteiger partial charge is 0.240 e. The number of amides is 1. The second kappa shape index (κ2) is 8.55. The molecule has 23 heavy (non-hydrogen) atoms. The molecule has 130 valence electrons. The molecule has 3 N–H and O–H groups in total. The Morgan fingerprint density at radius 2 is 1.70 bits per heavy atom. The van der Waals surface area contributed by atoms with E-state index in [1.165, 1.54) is 6.42 Å². The summed E-state index contributed by atoms with van der Waals surface area (Å²) in [5.41, 5.74) is 6.65. The highest BCUT2D eigenvalue weighted by Crippen LogP contribution is 2.27. The molecule has 0 spiro atoms. The van der Waals surface area contributed by atoms with E-state index < -0.39 is 5.54 Å². The zero-order chi connectivity index (χ0) is 16.2. The van der Waals surface area contributed by atoms with Crippen LogP contribution in [-0.4, -0.2) is 17.6 Å². The van der Waals surface area contributed by atoms with Gasteiger partial charge in [0.2, 0.25) is 5.91 Å². The van der Waals surface area contributed by atoms with Gasteiger partial charge in [-0.25, -0.2) is 0 Å². The molecular formula is C18H29ClN2O2. The zero-order valence-electron chi connectivity index (χ0n) is 14.3. The van der Waals surface area contributed by atoms with E-state index in [2.05, 4.69) is 5.32 Å². The second-order valence-corrected chi connectivity index (χ2v) is 6.65. The average molecular weight is 341 g/mol. The standard InChI is InChI=1S/C18H28N2O2.ClH/c1-13(2)22-16-9-7-15(8-10-16)14(3)20-17(21)18(19)11-5-4-6-12-18;/h7-10,13-14H,4-6,11-12,19H2,1-3H3,(H,20,21);1H. The molecule has 1 saturated carbocycles. The molecule has 1 aliphatic carbocycles. The Morgan fingerprint density at radius 3 is 2.22 bits per heavy atom. The number of nitrogens with one attached hydrogen (secondary N) is 1. The maximum absolute atomic E-state index is 12.5. The lowest BCUT2D eigenvalue weighted by Gasteiger charge is -2.33. The van der Waals surface area contributed by atoms with Gasteiger partial charge in [-0.2, -0.15) is 0 Å². The van der Waals surface area contributed by atoms with Crippen LogP contribution in [0.4, 0.5) is 0 Å². The summed E-state index contributed by atoms with van der Waals surface area (Å²) in [6.45, 7) is 5.99. The maximum Gasteiger partial charge on any atom is 0.240 e. The first-order valence-electron chi connectivity index (χ1n) is 8.27. The highest BCUT2D eigenvalue weighted by molar-refractivity contribution is 5.86. The Labute approximate surface area is 145 Å². The zero-order valence-corrected chi connectivity index (χ0v) is 15.1. The summed E-state index contributed by atoms with van der Waals surface area (Å²) in [5, 5.41) is 3.06. The van der Waals surface area contributed by atoms with Crippen molar-refractivity contribution in [2.24, 2.45) is 5.73 Å². The quantitative estimate of drug-likeness (QED) is 0.858. The van der Waals surface area contributed by atoms with Crippen molar-refractivity contribution in [2.45, 2.75) is 70.6 Å². The number of carbonyl (C=O) groups excluding carboxylic acids is 1. The van der Waals surface area contributed by atoms with Gasteiger partial charge in [0.25, 0.3) is 0 Å². The van der Waals surface area contributed by atoms with Crippen molar-refractivity contribution >= 4 is 18.3 Å². The minimum absolute atomic E-state index is 0.